The molecule has 3 fully saturated rings. The summed E-state index contributed by atoms with van der Waals surface area (Å²) in [6.07, 6.45) is 0.262. The number of alkyl carbamates (subject to hydrolysis) is 1. The Morgan fingerprint density at radius 2 is 1.53 bits per heavy atom. The summed E-state index contributed by atoms with van der Waals surface area (Å²) in [5.41, 5.74) is 5.09. The number of aliphatic hydroxyl groups is 1. The molecule has 0 aliphatic carbocycles. The number of carbonyl (C=O) groups is 2. The number of carbonyl (C=O) groups excluding carboxylic acids is 2. The minimum absolute atomic E-state index is 0.0467. The Bertz CT molecular complexity index is 2450. The first-order valence-corrected chi connectivity index (χ1v) is 20.2. The first-order valence-electron chi connectivity index (χ1n) is 20.2. The van der Waals surface area contributed by atoms with E-state index in [1.54, 1.807) is 12.1 Å². The van der Waals surface area contributed by atoms with E-state index in [1.807, 2.05) is 109 Å². The molecule has 0 radical (unpaired) electrons. The first-order chi connectivity index (χ1) is 28.7. The van der Waals surface area contributed by atoms with E-state index >= 15 is 0 Å². The number of aliphatic hydroxyl groups excluding tert-OH is 1. The summed E-state index contributed by atoms with van der Waals surface area (Å²) in [4.78, 5) is 41.3. The van der Waals surface area contributed by atoms with Gasteiger partial charge in [0.25, 0.3) is 0 Å². The standard InChI is InChI=1S/C48H48N4O7/c53-41-20-18-39(40-19-21-45(56)50-47(40)41)42(54)28-49-27-32-14-16-33(17-15-32)31-58-38-13-7-12-37(26-38)46(36-10-5-2-6-11-36)51-48(57)59-44-30-52(24-22-35(44)23-25-52)29-43(55)34-8-3-1-4-9-34/h1-21,26,35,42,44,46,49,54H,22-25,27-31H2,(H2-,50,51,53,56,57)/p+1/t35?,42-,44-,46?,52?/m0/s1. The van der Waals surface area contributed by atoms with Crippen LogP contribution in [0.4, 0.5) is 4.79 Å². The molecule has 302 valence electrons. The Morgan fingerprint density at radius 3 is 2.29 bits per heavy atom. The van der Waals surface area contributed by atoms with E-state index in [-0.39, 0.29) is 35.7 Å². The first kappa shape index (κ1) is 39.6. The molecular formula is C48H49N4O7+. The van der Waals surface area contributed by atoms with Gasteiger partial charge >= 0.3 is 6.09 Å². The fraction of sp³-hybridized carbons (Fsp3) is 0.271. The second kappa shape index (κ2) is 17.7. The molecule has 11 nitrogen and oxygen atoms in total. The highest BCUT2D eigenvalue weighted by atomic mass is 16.6. The molecule has 3 aliphatic rings. The maximum atomic E-state index is 13.7. The maximum Gasteiger partial charge on any atom is 0.408 e. The van der Waals surface area contributed by atoms with Gasteiger partial charge in [-0.1, -0.05) is 103 Å². The van der Waals surface area contributed by atoms with Crippen molar-refractivity contribution in [1.29, 1.82) is 0 Å². The molecule has 5 N–H and O–H groups in total. The second-order valence-corrected chi connectivity index (χ2v) is 15.8. The summed E-state index contributed by atoms with van der Waals surface area (Å²) in [5.74, 6) is 1.03. The summed E-state index contributed by atoms with van der Waals surface area (Å²) >= 11 is 0. The number of aromatic nitrogens is 1. The molecule has 59 heavy (non-hydrogen) atoms. The van der Waals surface area contributed by atoms with Gasteiger partial charge in [0.1, 0.15) is 31.2 Å². The molecule has 0 spiro atoms. The molecule has 3 atom stereocenters. The number of fused-ring (bicyclic) bond motifs is 4. The number of hydrogen-bond acceptors (Lipinski definition) is 8. The SMILES string of the molecule is O=C(NC(c1ccccc1)c1cccc(OCc2ccc(CNC[C@H](O)c3ccc(O)c4[nH]c(=O)ccc34)cc2)c1)O[C@H]1C[N+]2(CC(=O)c3ccccc3)CCC1CC2. The molecule has 1 unspecified atom stereocenters. The number of aromatic hydroxyl groups is 1. The van der Waals surface area contributed by atoms with Crippen molar-refractivity contribution < 1.29 is 33.8 Å². The number of piperidine rings is 3. The van der Waals surface area contributed by atoms with E-state index < -0.39 is 18.2 Å². The van der Waals surface area contributed by atoms with Crippen molar-refractivity contribution >= 4 is 22.8 Å². The lowest BCUT2D eigenvalue weighted by molar-refractivity contribution is -0.938. The predicted molar refractivity (Wildman–Crippen MR) is 225 cm³/mol. The van der Waals surface area contributed by atoms with E-state index in [1.165, 1.54) is 12.1 Å². The molecule has 2 bridgehead atoms. The van der Waals surface area contributed by atoms with Crippen molar-refractivity contribution in [2.45, 2.75) is 44.2 Å². The number of ether oxygens (including phenoxy) is 2. The number of nitrogens with zero attached hydrogens (tertiary/aromatic N) is 1. The molecule has 1 amide bonds. The predicted octanol–water partition coefficient (Wildman–Crippen LogP) is 6.94. The highest BCUT2D eigenvalue weighted by Gasteiger charge is 2.48. The number of ketones is 1. The summed E-state index contributed by atoms with van der Waals surface area (Å²) in [6, 6.07) is 40.6. The van der Waals surface area contributed by atoms with Gasteiger partial charge in [-0.25, -0.2) is 4.79 Å². The Morgan fingerprint density at radius 1 is 0.814 bits per heavy atom. The average Bonchev–Trinajstić information content (AvgIpc) is 3.26. The van der Waals surface area contributed by atoms with Crippen LogP contribution in [0.3, 0.4) is 0 Å². The van der Waals surface area contributed by atoms with Crippen molar-refractivity contribution in [2.75, 3.05) is 32.7 Å². The van der Waals surface area contributed by atoms with Crippen LogP contribution in [0.2, 0.25) is 0 Å². The number of amides is 1. The lowest BCUT2D eigenvalue weighted by Gasteiger charge is -2.51. The zero-order valence-corrected chi connectivity index (χ0v) is 32.8. The molecule has 11 heteroatoms. The monoisotopic (exact) mass is 793 g/mol. The lowest BCUT2D eigenvalue weighted by Crippen LogP contribution is -2.66. The molecule has 1 aromatic heterocycles. The quantitative estimate of drug-likeness (QED) is 0.0555. The van der Waals surface area contributed by atoms with E-state index in [2.05, 4.69) is 15.6 Å². The normalized spacial score (nSPS) is 19.5. The van der Waals surface area contributed by atoms with Crippen LogP contribution < -0.4 is 20.9 Å². The van der Waals surface area contributed by atoms with Crippen LogP contribution in [0, 0.1) is 5.92 Å². The Balaban J connectivity index is 0.863. The minimum Gasteiger partial charge on any atom is -0.506 e. The highest BCUT2D eigenvalue weighted by molar-refractivity contribution is 5.97. The molecule has 0 saturated carbocycles. The Labute approximate surface area is 342 Å². The van der Waals surface area contributed by atoms with Gasteiger partial charge in [-0.2, -0.15) is 0 Å². The molecule has 4 heterocycles. The van der Waals surface area contributed by atoms with Crippen molar-refractivity contribution in [3.05, 3.63) is 177 Å². The molecule has 6 aromatic rings. The van der Waals surface area contributed by atoms with Gasteiger partial charge in [0.15, 0.2) is 6.10 Å². The molecular weight excluding hydrogens is 745 g/mol. The third-order valence-electron chi connectivity index (χ3n) is 11.8. The fourth-order valence-corrected chi connectivity index (χ4v) is 8.61. The third kappa shape index (κ3) is 9.39. The number of benzene rings is 5. The Hall–Kier alpha value is -6.27. The maximum absolute atomic E-state index is 13.7. The largest absolute Gasteiger partial charge is 0.506 e. The average molecular weight is 794 g/mol. The topological polar surface area (TPSA) is 150 Å². The number of pyridine rings is 1. The fourth-order valence-electron chi connectivity index (χ4n) is 8.61. The smallest absolute Gasteiger partial charge is 0.408 e. The number of aromatic amines is 1. The van der Waals surface area contributed by atoms with Crippen molar-refractivity contribution in [3.63, 3.8) is 0 Å². The number of rotatable bonds is 15. The van der Waals surface area contributed by atoms with Crippen LogP contribution in [-0.2, 0) is 17.9 Å². The molecule has 9 rings (SSSR count). The van der Waals surface area contributed by atoms with Gasteiger partial charge in [-0.05, 0) is 52.1 Å². The number of phenolic OH excluding ortho intramolecular Hbond substituents is 1. The van der Waals surface area contributed by atoms with E-state index in [9.17, 15) is 24.6 Å². The number of hydrogen-bond donors (Lipinski definition) is 5. The van der Waals surface area contributed by atoms with Crippen LogP contribution >= 0.6 is 0 Å². The zero-order valence-electron chi connectivity index (χ0n) is 32.8. The van der Waals surface area contributed by atoms with Crippen LogP contribution in [0.1, 0.15) is 63.2 Å². The summed E-state index contributed by atoms with van der Waals surface area (Å²) < 4.78 is 13.1. The lowest BCUT2D eigenvalue weighted by atomic mass is 9.83. The zero-order chi connectivity index (χ0) is 40.8. The summed E-state index contributed by atoms with van der Waals surface area (Å²) in [7, 11) is 0. The van der Waals surface area contributed by atoms with Gasteiger partial charge in [0.05, 0.1) is 30.8 Å². The second-order valence-electron chi connectivity index (χ2n) is 15.8. The third-order valence-corrected chi connectivity index (χ3v) is 11.8. The number of nitrogens with one attached hydrogen (secondary N) is 3. The van der Waals surface area contributed by atoms with Crippen LogP contribution in [0.5, 0.6) is 11.5 Å². The molecule has 3 saturated heterocycles. The van der Waals surface area contributed by atoms with Gasteiger partial charge in [-0.3, -0.25) is 9.59 Å². The van der Waals surface area contributed by atoms with Gasteiger partial charge in [-0.15, -0.1) is 0 Å². The van der Waals surface area contributed by atoms with Crippen LogP contribution in [0.15, 0.2) is 138 Å². The van der Waals surface area contributed by atoms with Gasteiger partial charge < -0.3 is 39.8 Å². The molecule has 3 aliphatic heterocycles. The number of Topliss-reactive ketones (excluding diaryl/α,β-unsaturated/α-hetero) is 1. The van der Waals surface area contributed by atoms with E-state index in [4.69, 9.17) is 9.47 Å². The minimum atomic E-state index is -0.850. The van der Waals surface area contributed by atoms with Crippen LogP contribution in [0.25, 0.3) is 10.9 Å². The van der Waals surface area contributed by atoms with Crippen molar-refractivity contribution in [1.82, 2.24) is 15.6 Å². The number of phenols is 1. The summed E-state index contributed by atoms with van der Waals surface area (Å²) in [6.45, 7) is 4.03. The van der Waals surface area contributed by atoms with E-state index in [0.29, 0.717) is 52.9 Å². The van der Waals surface area contributed by atoms with E-state index in [0.717, 1.165) is 53.7 Å². The van der Waals surface area contributed by atoms with Gasteiger partial charge in [0.2, 0.25) is 11.3 Å². The Kier molecular flexibility index (Phi) is 11.9. The highest BCUT2D eigenvalue weighted by Crippen LogP contribution is 2.36. The van der Waals surface area contributed by atoms with Crippen LogP contribution in [-0.4, -0.2) is 70.4 Å². The van der Waals surface area contributed by atoms with Gasteiger partial charge in [0, 0.05) is 48.9 Å². The molecule has 5 aromatic carbocycles. The number of quaternary nitrogens is 1. The summed E-state index contributed by atoms with van der Waals surface area (Å²) in [5, 5.41) is 28.1. The van der Waals surface area contributed by atoms with Crippen molar-refractivity contribution in [2.24, 2.45) is 5.92 Å². The van der Waals surface area contributed by atoms with Crippen molar-refractivity contribution in [3.8, 4) is 11.5 Å². The number of H-pyrrole nitrogens is 1.